The van der Waals surface area contributed by atoms with Crippen LogP contribution in [-0.4, -0.2) is 15.1 Å². The smallest absolute Gasteiger partial charge is 0.263 e. The summed E-state index contributed by atoms with van der Waals surface area (Å²) in [6.45, 7) is 0. The standard InChI is InChI=1S/C11H7FN4OS/c12-6-2-1-3-7(13)9(6)11-15-10(16-17-11)8-4-14-5-18-8/h1-5H,13H2. The van der Waals surface area contributed by atoms with Crippen LogP contribution in [0.5, 0.6) is 0 Å². The summed E-state index contributed by atoms with van der Waals surface area (Å²) in [4.78, 5) is 8.78. The van der Waals surface area contributed by atoms with Gasteiger partial charge >= 0.3 is 0 Å². The van der Waals surface area contributed by atoms with Crippen molar-refractivity contribution in [2.45, 2.75) is 0 Å². The van der Waals surface area contributed by atoms with Crippen LogP contribution in [0.3, 0.4) is 0 Å². The highest BCUT2D eigenvalue weighted by molar-refractivity contribution is 7.13. The summed E-state index contributed by atoms with van der Waals surface area (Å²) >= 11 is 1.37. The van der Waals surface area contributed by atoms with Gasteiger partial charge in [0.2, 0.25) is 5.82 Å². The Morgan fingerprint density at radius 3 is 2.94 bits per heavy atom. The molecule has 0 fully saturated rings. The summed E-state index contributed by atoms with van der Waals surface area (Å²) in [5.74, 6) is -0.0568. The van der Waals surface area contributed by atoms with Crippen LogP contribution in [0.1, 0.15) is 0 Å². The van der Waals surface area contributed by atoms with Crippen molar-refractivity contribution >= 4 is 17.0 Å². The van der Waals surface area contributed by atoms with Crippen molar-refractivity contribution in [3.05, 3.63) is 35.7 Å². The van der Waals surface area contributed by atoms with E-state index in [0.29, 0.717) is 5.82 Å². The monoisotopic (exact) mass is 262 g/mol. The first-order valence-corrected chi connectivity index (χ1v) is 5.90. The molecule has 7 heteroatoms. The first-order valence-electron chi connectivity index (χ1n) is 5.02. The molecule has 0 aliphatic heterocycles. The van der Waals surface area contributed by atoms with Crippen molar-refractivity contribution in [1.29, 1.82) is 0 Å². The number of aromatic nitrogens is 3. The maximum atomic E-state index is 13.7. The third kappa shape index (κ3) is 1.74. The summed E-state index contributed by atoms with van der Waals surface area (Å²) in [5, 5.41) is 3.78. The molecule has 90 valence electrons. The third-order valence-corrected chi connectivity index (χ3v) is 3.11. The largest absolute Gasteiger partial charge is 0.398 e. The van der Waals surface area contributed by atoms with Gasteiger partial charge in [-0.25, -0.2) is 4.39 Å². The molecule has 0 aliphatic carbocycles. The molecule has 18 heavy (non-hydrogen) atoms. The predicted octanol–water partition coefficient (Wildman–Crippen LogP) is 2.58. The Bertz CT molecular complexity index is 660. The van der Waals surface area contributed by atoms with Gasteiger partial charge in [0, 0.05) is 11.9 Å². The van der Waals surface area contributed by atoms with Crippen LogP contribution in [0.25, 0.3) is 22.2 Å². The van der Waals surface area contributed by atoms with E-state index in [-0.39, 0.29) is 17.1 Å². The lowest BCUT2D eigenvalue weighted by molar-refractivity contribution is 0.430. The molecule has 5 nitrogen and oxygen atoms in total. The van der Waals surface area contributed by atoms with E-state index >= 15 is 0 Å². The van der Waals surface area contributed by atoms with E-state index in [9.17, 15) is 4.39 Å². The minimum atomic E-state index is -0.491. The Morgan fingerprint density at radius 1 is 1.33 bits per heavy atom. The average Bonchev–Trinajstić information content (AvgIpc) is 2.99. The first-order chi connectivity index (χ1) is 8.75. The van der Waals surface area contributed by atoms with Gasteiger partial charge in [-0.3, -0.25) is 4.98 Å². The van der Waals surface area contributed by atoms with E-state index in [4.69, 9.17) is 10.3 Å². The third-order valence-electron chi connectivity index (χ3n) is 2.34. The number of halogens is 1. The molecule has 3 rings (SSSR count). The molecule has 2 aromatic heterocycles. The number of benzene rings is 1. The van der Waals surface area contributed by atoms with Crippen molar-refractivity contribution in [1.82, 2.24) is 15.1 Å². The molecule has 0 saturated carbocycles. The van der Waals surface area contributed by atoms with Gasteiger partial charge in [0.25, 0.3) is 5.89 Å². The van der Waals surface area contributed by atoms with Crippen molar-refractivity contribution in [3.63, 3.8) is 0 Å². The molecule has 0 unspecified atom stereocenters. The van der Waals surface area contributed by atoms with Crippen LogP contribution in [0.4, 0.5) is 10.1 Å². The SMILES string of the molecule is Nc1cccc(F)c1-c1nc(-c2cncs2)no1. The average molecular weight is 262 g/mol. The maximum absolute atomic E-state index is 13.7. The highest BCUT2D eigenvalue weighted by atomic mass is 32.1. The van der Waals surface area contributed by atoms with Gasteiger partial charge in [-0.2, -0.15) is 4.98 Å². The first kappa shape index (κ1) is 10.8. The van der Waals surface area contributed by atoms with Gasteiger partial charge in [-0.1, -0.05) is 11.2 Å². The number of nitrogen functional groups attached to an aromatic ring is 1. The molecule has 0 radical (unpaired) electrons. The fourth-order valence-electron chi connectivity index (χ4n) is 1.52. The van der Waals surface area contributed by atoms with Gasteiger partial charge in [0.15, 0.2) is 0 Å². The number of nitrogens with two attached hydrogens (primary N) is 1. The van der Waals surface area contributed by atoms with Gasteiger partial charge < -0.3 is 10.3 Å². The zero-order valence-corrected chi connectivity index (χ0v) is 9.82. The van der Waals surface area contributed by atoms with Gasteiger partial charge in [-0.05, 0) is 12.1 Å². The van der Waals surface area contributed by atoms with Crippen molar-refractivity contribution < 1.29 is 8.91 Å². The molecule has 3 aromatic rings. The number of nitrogens with zero attached hydrogens (tertiary/aromatic N) is 3. The fraction of sp³-hybridized carbons (Fsp3) is 0. The Labute approximate surface area is 105 Å². The van der Waals surface area contributed by atoms with Crippen molar-refractivity contribution in [2.24, 2.45) is 0 Å². The van der Waals surface area contributed by atoms with Crippen LogP contribution in [0.2, 0.25) is 0 Å². The summed E-state index contributed by atoms with van der Waals surface area (Å²) in [7, 11) is 0. The van der Waals surface area contributed by atoms with E-state index in [1.807, 2.05) is 0 Å². The van der Waals surface area contributed by atoms with Crippen LogP contribution in [-0.2, 0) is 0 Å². The van der Waals surface area contributed by atoms with Crippen LogP contribution < -0.4 is 5.73 Å². The van der Waals surface area contributed by atoms with Gasteiger partial charge in [-0.15, -0.1) is 11.3 Å². The Balaban J connectivity index is 2.09. The maximum Gasteiger partial charge on any atom is 0.263 e. The Hall–Kier alpha value is -2.28. The zero-order valence-electron chi connectivity index (χ0n) is 9.00. The molecule has 2 N–H and O–H groups in total. The van der Waals surface area contributed by atoms with Crippen molar-refractivity contribution in [3.8, 4) is 22.2 Å². The summed E-state index contributed by atoms with van der Waals surface area (Å²) in [6.07, 6.45) is 1.62. The Kier molecular flexibility index (Phi) is 2.52. The fourth-order valence-corrected chi connectivity index (χ4v) is 2.06. The lowest BCUT2D eigenvalue weighted by Crippen LogP contribution is -1.93. The lowest BCUT2D eigenvalue weighted by Gasteiger charge is -2.00. The second-order valence-electron chi connectivity index (χ2n) is 3.49. The van der Waals surface area contributed by atoms with Gasteiger partial charge in [0.05, 0.1) is 16.0 Å². The molecule has 0 aliphatic rings. The van der Waals surface area contributed by atoms with Gasteiger partial charge in [0.1, 0.15) is 5.82 Å². The summed E-state index contributed by atoms with van der Waals surface area (Å²) in [6, 6.07) is 4.39. The van der Waals surface area contributed by atoms with E-state index in [1.54, 1.807) is 17.8 Å². The molecule has 0 saturated heterocycles. The normalized spacial score (nSPS) is 10.7. The molecular weight excluding hydrogens is 255 g/mol. The van der Waals surface area contributed by atoms with Crippen LogP contribution >= 0.6 is 11.3 Å². The quantitative estimate of drug-likeness (QED) is 0.718. The topological polar surface area (TPSA) is 77.8 Å². The number of anilines is 1. The minimum absolute atomic E-state index is 0.0639. The second kappa shape index (κ2) is 4.19. The summed E-state index contributed by atoms with van der Waals surface area (Å²) in [5.41, 5.74) is 7.74. The molecule has 0 spiro atoms. The molecule has 0 amide bonds. The van der Waals surface area contributed by atoms with E-state index in [1.165, 1.54) is 23.5 Å². The molecule has 0 bridgehead atoms. The lowest BCUT2D eigenvalue weighted by atomic mass is 10.1. The van der Waals surface area contributed by atoms with Crippen LogP contribution in [0.15, 0.2) is 34.4 Å². The summed E-state index contributed by atoms with van der Waals surface area (Å²) < 4.78 is 18.7. The molecule has 0 atom stereocenters. The molecule has 1 aromatic carbocycles. The number of hydrogen-bond acceptors (Lipinski definition) is 6. The van der Waals surface area contributed by atoms with E-state index < -0.39 is 5.82 Å². The van der Waals surface area contributed by atoms with E-state index in [0.717, 1.165) is 4.88 Å². The highest BCUT2D eigenvalue weighted by Crippen LogP contribution is 2.29. The highest BCUT2D eigenvalue weighted by Gasteiger charge is 2.17. The molecular formula is C11H7FN4OS. The number of thiazole rings is 1. The second-order valence-corrected chi connectivity index (χ2v) is 4.38. The van der Waals surface area contributed by atoms with Crippen molar-refractivity contribution in [2.75, 3.05) is 5.73 Å². The molecule has 2 heterocycles. The van der Waals surface area contributed by atoms with Crippen LogP contribution in [0, 0.1) is 5.82 Å². The minimum Gasteiger partial charge on any atom is -0.398 e. The number of hydrogen-bond donors (Lipinski definition) is 1. The predicted molar refractivity (Wildman–Crippen MR) is 65.2 cm³/mol. The number of rotatable bonds is 2. The van der Waals surface area contributed by atoms with E-state index in [2.05, 4.69) is 15.1 Å². The Morgan fingerprint density at radius 2 is 2.22 bits per heavy atom. The zero-order chi connectivity index (χ0) is 12.5.